The molecule has 2 nitrogen and oxygen atoms in total. The van der Waals surface area contributed by atoms with Crippen LogP contribution in [0.1, 0.15) is 6.92 Å². The van der Waals surface area contributed by atoms with E-state index < -0.39 is 18.7 Å². The summed E-state index contributed by atoms with van der Waals surface area (Å²) in [6.07, 6.45) is -4.33. The minimum absolute atomic E-state index is 0.424. The van der Waals surface area contributed by atoms with E-state index in [9.17, 15) is 13.2 Å². The van der Waals surface area contributed by atoms with Crippen LogP contribution in [0.15, 0.2) is 0 Å². The zero-order valence-electron chi connectivity index (χ0n) is 4.75. The molecule has 9 heavy (non-hydrogen) atoms. The van der Waals surface area contributed by atoms with Crippen LogP contribution in [0.3, 0.4) is 0 Å². The van der Waals surface area contributed by atoms with Gasteiger partial charge in [0, 0.05) is 6.92 Å². The number of rotatable bonds is 1. The van der Waals surface area contributed by atoms with Crippen LogP contribution in [0.25, 0.3) is 0 Å². The molecule has 0 aliphatic carbocycles. The normalized spacial score (nSPS) is 11.1. The maximum atomic E-state index is 11.2. The van der Waals surface area contributed by atoms with E-state index in [2.05, 4.69) is 4.74 Å². The van der Waals surface area contributed by atoms with E-state index >= 15 is 0 Å². The summed E-state index contributed by atoms with van der Waals surface area (Å²) in [4.78, 5) is 0. The van der Waals surface area contributed by atoms with E-state index in [0.29, 0.717) is 0 Å². The van der Waals surface area contributed by atoms with Gasteiger partial charge >= 0.3 is 6.18 Å². The first-order valence-electron chi connectivity index (χ1n) is 2.16. The van der Waals surface area contributed by atoms with Crippen LogP contribution in [-0.2, 0) is 4.74 Å². The molecule has 0 saturated heterocycles. The lowest BCUT2D eigenvalue weighted by Gasteiger charge is -2.05. The van der Waals surface area contributed by atoms with Gasteiger partial charge < -0.3 is 4.74 Å². The molecule has 0 rings (SSSR count). The van der Waals surface area contributed by atoms with Crippen LogP contribution in [0.4, 0.5) is 13.2 Å². The number of hydrogen-bond donors (Lipinski definition) is 1. The first-order chi connectivity index (χ1) is 3.92. The van der Waals surface area contributed by atoms with E-state index in [1.54, 1.807) is 0 Å². The molecule has 0 aromatic carbocycles. The van der Waals surface area contributed by atoms with Crippen LogP contribution < -0.4 is 0 Å². The van der Waals surface area contributed by atoms with Crippen LogP contribution in [0.2, 0.25) is 0 Å². The van der Waals surface area contributed by atoms with Crippen LogP contribution in [-0.4, -0.2) is 18.7 Å². The third-order valence-corrected chi connectivity index (χ3v) is 0.452. The van der Waals surface area contributed by atoms with Crippen molar-refractivity contribution in [3.8, 4) is 0 Å². The van der Waals surface area contributed by atoms with Crippen molar-refractivity contribution in [2.24, 2.45) is 0 Å². The van der Waals surface area contributed by atoms with Crippen molar-refractivity contribution in [3.05, 3.63) is 0 Å². The van der Waals surface area contributed by atoms with Gasteiger partial charge in [0.15, 0.2) is 12.5 Å². The van der Waals surface area contributed by atoms with Crippen molar-refractivity contribution in [2.75, 3.05) is 6.61 Å². The zero-order chi connectivity index (χ0) is 7.49. The summed E-state index contributed by atoms with van der Waals surface area (Å²) in [6.45, 7) is -0.228. The number of nitrogens with one attached hydrogen (secondary N) is 1. The lowest BCUT2D eigenvalue weighted by molar-refractivity contribution is -0.156. The highest BCUT2D eigenvalue weighted by molar-refractivity contribution is 5.69. The fraction of sp³-hybridized carbons (Fsp3) is 0.750. The number of alkyl halides is 3. The van der Waals surface area contributed by atoms with Crippen molar-refractivity contribution < 1.29 is 17.9 Å². The highest BCUT2D eigenvalue weighted by Crippen LogP contribution is 2.14. The second kappa shape index (κ2) is 2.70. The summed E-state index contributed by atoms with van der Waals surface area (Å²) >= 11 is 0. The average molecular weight is 141 g/mol. The second-order valence-electron chi connectivity index (χ2n) is 1.46. The summed E-state index contributed by atoms with van der Waals surface area (Å²) in [5.74, 6) is -0.424. The van der Waals surface area contributed by atoms with E-state index in [1.807, 2.05) is 0 Å². The fourth-order valence-electron chi connectivity index (χ4n) is 0.190. The molecular formula is C4H6F3NO. The Bertz CT molecular complexity index is 109. The molecule has 0 radical (unpaired) electrons. The van der Waals surface area contributed by atoms with Gasteiger partial charge in [0.2, 0.25) is 0 Å². The van der Waals surface area contributed by atoms with Crippen molar-refractivity contribution in [1.29, 1.82) is 5.41 Å². The van der Waals surface area contributed by atoms with E-state index in [1.165, 1.54) is 0 Å². The van der Waals surface area contributed by atoms with Gasteiger partial charge in [0.05, 0.1) is 0 Å². The standard InChI is InChI=1S/C4H6F3NO/c1-3(8)9-2-4(5,6)7/h8H,2H2,1H3. The number of halogens is 3. The first kappa shape index (κ1) is 8.26. The Balaban J connectivity index is 3.39. The molecule has 0 amide bonds. The third-order valence-electron chi connectivity index (χ3n) is 0.452. The molecule has 0 unspecified atom stereocenters. The Morgan fingerprint density at radius 3 is 2.11 bits per heavy atom. The maximum Gasteiger partial charge on any atom is 0.422 e. The zero-order valence-corrected chi connectivity index (χ0v) is 4.75. The Hall–Kier alpha value is -0.740. The van der Waals surface area contributed by atoms with Crippen molar-refractivity contribution in [2.45, 2.75) is 13.1 Å². The Morgan fingerprint density at radius 1 is 1.56 bits per heavy atom. The lowest BCUT2D eigenvalue weighted by Crippen LogP contribution is -2.18. The molecule has 0 aliphatic heterocycles. The molecule has 0 atom stereocenters. The molecule has 0 fully saturated rings. The average Bonchev–Trinajstić information content (AvgIpc) is 1.59. The van der Waals surface area contributed by atoms with Gasteiger partial charge in [-0.05, 0) is 0 Å². The molecule has 5 heteroatoms. The molecule has 1 N–H and O–H groups in total. The highest BCUT2D eigenvalue weighted by atomic mass is 19.4. The summed E-state index contributed by atoms with van der Waals surface area (Å²) in [5.41, 5.74) is 0. The van der Waals surface area contributed by atoms with Gasteiger partial charge in [-0.1, -0.05) is 0 Å². The van der Waals surface area contributed by atoms with Gasteiger partial charge in [0.25, 0.3) is 0 Å². The molecular weight excluding hydrogens is 135 g/mol. The van der Waals surface area contributed by atoms with Crippen molar-refractivity contribution in [1.82, 2.24) is 0 Å². The second-order valence-corrected chi connectivity index (χ2v) is 1.46. The monoisotopic (exact) mass is 141 g/mol. The Labute approximate surface area is 50.1 Å². The van der Waals surface area contributed by atoms with Crippen molar-refractivity contribution in [3.63, 3.8) is 0 Å². The van der Waals surface area contributed by atoms with Crippen LogP contribution >= 0.6 is 0 Å². The summed E-state index contributed by atoms with van der Waals surface area (Å²) in [6, 6.07) is 0. The predicted molar refractivity (Wildman–Crippen MR) is 25.4 cm³/mol. The van der Waals surface area contributed by atoms with Gasteiger partial charge in [-0.25, -0.2) is 0 Å². The quantitative estimate of drug-likeness (QED) is 0.436. The lowest BCUT2D eigenvalue weighted by atomic mass is 10.7. The van der Waals surface area contributed by atoms with Crippen LogP contribution in [0, 0.1) is 5.41 Å². The van der Waals surface area contributed by atoms with Gasteiger partial charge in [0.1, 0.15) is 0 Å². The minimum atomic E-state index is -4.33. The van der Waals surface area contributed by atoms with Crippen LogP contribution in [0.5, 0.6) is 0 Å². The fourth-order valence-corrected chi connectivity index (χ4v) is 0.190. The smallest absolute Gasteiger partial charge is 0.422 e. The summed E-state index contributed by atoms with van der Waals surface area (Å²) in [5, 5.41) is 6.45. The van der Waals surface area contributed by atoms with E-state index in [4.69, 9.17) is 5.41 Å². The molecule has 0 aliphatic rings. The maximum absolute atomic E-state index is 11.2. The van der Waals surface area contributed by atoms with Gasteiger partial charge in [-0.2, -0.15) is 13.2 Å². The molecule has 0 aromatic heterocycles. The topological polar surface area (TPSA) is 33.1 Å². The molecule has 0 bridgehead atoms. The highest BCUT2D eigenvalue weighted by Gasteiger charge is 2.28. The minimum Gasteiger partial charge on any atom is -0.472 e. The first-order valence-corrected chi connectivity index (χ1v) is 2.16. The van der Waals surface area contributed by atoms with E-state index in [0.717, 1.165) is 6.92 Å². The molecule has 0 heterocycles. The summed E-state index contributed by atoms with van der Waals surface area (Å²) in [7, 11) is 0. The molecule has 0 spiro atoms. The molecule has 54 valence electrons. The molecule has 0 saturated carbocycles. The molecule has 0 aromatic rings. The number of ether oxygens (including phenoxy) is 1. The van der Waals surface area contributed by atoms with Gasteiger partial charge in [-0.15, -0.1) is 0 Å². The SMILES string of the molecule is CC(=N)OCC(F)(F)F. The Morgan fingerprint density at radius 2 is 2.00 bits per heavy atom. The predicted octanol–water partition coefficient (Wildman–Crippen LogP) is 1.56. The number of hydrogen-bond acceptors (Lipinski definition) is 2. The summed E-state index contributed by atoms with van der Waals surface area (Å²) < 4.78 is 37.4. The third kappa shape index (κ3) is 7.26. The Kier molecular flexibility index (Phi) is 2.48. The van der Waals surface area contributed by atoms with Gasteiger partial charge in [-0.3, -0.25) is 5.41 Å². The van der Waals surface area contributed by atoms with Crippen molar-refractivity contribution >= 4 is 5.90 Å². The van der Waals surface area contributed by atoms with E-state index in [-0.39, 0.29) is 0 Å². The largest absolute Gasteiger partial charge is 0.472 e.